The predicted octanol–water partition coefficient (Wildman–Crippen LogP) is 3.58. The summed E-state index contributed by atoms with van der Waals surface area (Å²) in [5.41, 5.74) is 8.62. The normalized spacial score (nSPS) is 10.7. The zero-order valence-corrected chi connectivity index (χ0v) is 13.0. The zero-order valence-electron chi connectivity index (χ0n) is 12.3. The van der Waals surface area contributed by atoms with E-state index >= 15 is 0 Å². The van der Waals surface area contributed by atoms with Crippen LogP contribution in [0.5, 0.6) is 0 Å². The number of hydrogen-bond acceptors (Lipinski definition) is 3. The molecule has 3 aromatic rings. The summed E-state index contributed by atoms with van der Waals surface area (Å²) in [5.74, 6) is -0.545. The van der Waals surface area contributed by atoms with Crippen LogP contribution >= 0.6 is 11.6 Å². The van der Waals surface area contributed by atoms with Crippen molar-refractivity contribution in [1.82, 2.24) is 9.78 Å². The monoisotopic (exact) mass is 329 g/mol. The second kappa shape index (κ2) is 5.85. The maximum atomic E-state index is 13.3. The molecule has 0 radical (unpaired) electrons. The molecule has 0 aliphatic carbocycles. The van der Waals surface area contributed by atoms with Crippen LogP contribution in [0.1, 0.15) is 5.69 Å². The van der Waals surface area contributed by atoms with Gasteiger partial charge < -0.3 is 5.73 Å². The summed E-state index contributed by atoms with van der Waals surface area (Å²) in [5, 5.41) is 4.24. The van der Waals surface area contributed by atoms with Crippen molar-refractivity contribution >= 4 is 17.3 Å². The summed E-state index contributed by atoms with van der Waals surface area (Å²) in [4.78, 5) is 12.4. The van der Waals surface area contributed by atoms with Gasteiger partial charge in [-0.05, 0) is 42.8 Å². The molecular weight excluding hydrogens is 317 g/mol. The standard InChI is InChI=1S/C17H13ClFN3O/c1-10-14(11-3-2-4-12(20)7-11)9-17(23)22(21-10)13-5-6-16(19)15(18)8-13/h2-9H,20H2,1H3. The summed E-state index contributed by atoms with van der Waals surface area (Å²) in [7, 11) is 0. The molecule has 0 aliphatic heterocycles. The zero-order chi connectivity index (χ0) is 16.6. The van der Waals surface area contributed by atoms with Crippen LogP contribution in [-0.2, 0) is 0 Å². The fourth-order valence-corrected chi connectivity index (χ4v) is 2.52. The highest BCUT2D eigenvalue weighted by molar-refractivity contribution is 6.30. The number of aryl methyl sites for hydroxylation is 1. The molecule has 0 atom stereocenters. The molecule has 3 rings (SSSR count). The molecule has 4 nitrogen and oxygen atoms in total. The van der Waals surface area contributed by atoms with E-state index in [9.17, 15) is 9.18 Å². The lowest BCUT2D eigenvalue weighted by Gasteiger charge is -2.10. The van der Waals surface area contributed by atoms with Gasteiger partial charge in [0.05, 0.1) is 16.4 Å². The molecule has 0 bridgehead atoms. The molecule has 6 heteroatoms. The summed E-state index contributed by atoms with van der Waals surface area (Å²) in [6.45, 7) is 1.79. The third-order valence-electron chi connectivity index (χ3n) is 3.46. The molecule has 1 heterocycles. The van der Waals surface area contributed by atoms with Gasteiger partial charge in [-0.25, -0.2) is 4.39 Å². The van der Waals surface area contributed by atoms with Crippen LogP contribution in [0.3, 0.4) is 0 Å². The van der Waals surface area contributed by atoms with Gasteiger partial charge in [0.25, 0.3) is 5.56 Å². The van der Waals surface area contributed by atoms with Gasteiger partial charge in [-0.15, -0.1) is 0 Å². The van der Waals surface area contributed by atoms with Crippen LogP contribution in [0.4, 0.5) is 10.1 Å². The van der Waals surface area contributed by atoms with Gasteiger partial charge in [0.1, 0.15) is 5.82 Å². The van der Waals surface area contributed by atoms with E-state index in [2.05, 4.69) is 5.10 Å². The Morgan fingerprint density at radius 2 is 1.96 bits per heavy atom. The van der Waals surface area contributed by atoms with Crippen LogP contribution in [-0.4, -0.2) is 9.78 Å². The Morgan fingerprint density at radius 1 is 1.17 bits per heavy atom. The van der Waals surface area contributed by atoms with E-state index in [0.717, 1.165) is 5.56 Å². The average Bonchev–Trinajstić information content (AvgIpc) is 2.52. The lowest BCUT2D eigenvalue weighted by atomic mass is 10.0. The number of nitrogens with two attached hydrogens (primary N) is 1. The Morgan fingerprint density at radius 3 is 2.65 bits per heavy atom. The lowest BCUT2D eigenvalue weighted by molar-refractivity contribution is 0.627. The Hall–Kier alpha value is -2.66. The van der Waals surface area contributed by atoms with E-state index in [0.29, 0.717) is 22.6 Å². The largest absolute Gasteiger partial charge is 0.399 e. The predicted molar refractivity (Wildman–Crippen MR) is 89.4 cm³/mol. The molecule has 2 N–H and O–H groups in total. The molecule has 0 saturated heterocycles. The molecule has 0 aliphatic rings. The minimum Gasteiger partial charge on any atom is -0.399 e. The number of aromatic nitrogens is 2. The van der Waals surface area contributed by atoms with Crippen molar-refractivity contribution < 1.29 is 4.39 Å². The number of nitrogen functional groups attached to an aromatic ring is 1. The van der Waals surface area contributed by atoms with Gasteiger partial charge in [-0.1, -0.05) is 23.7 Å². The van der Waals surface area contributed by atoms with Crippen LogP contribution in [0.15, 0.2) is 53.3 Å². The fraction of sp³-hybridized carbons (Fsp3) is 0.0588. The first-order valence-electron chi connectivity index (χ1n) is 6.88. The quantitative estimate of drug-likeness (QED) is 0.731. The first kappa shape index (κ1) is 15.2. The van der Waals surface area contributed by atoms with Crippen molar-refractivity contribution in [3.8, 4) is 16.8 Å². The summed E-state index contributed by atoms with van der Waals surface area (Å²) in [6, 6.07) is 12.7. The van der Waals surface area contributed by atoms with E-state index in [4.69, 9.17) is 17.3 Å². The van der Waals surface area contributed by atoms with Crippen molar-refractivity contribution in [1.29, 1.82) is 0 Å². The van der Waals surface area contributed by atoms with E-state index in [-0.39, 0.29) is 10.6 Å². The highest BCUT2D eigenvalue weighted by Crippen LogP contribution is 2.23. The van der Waals surface area contributed by atoms with Crippen molar-refractivity contribution in [3.05, 3.63) is 75.4 Å². The van der Waals surface area contributed by atoms with Gasteiger partial charge in [0.15, 0.2) is 0 Å². The molecule has 116 valence electrons. The summed E-state index contributed by atoms with van der Waals surface area (Å²) < 4.78 is 14.5. The average molecular weight is 330 g/mol. The highest BCUT2D eigenvalue weighted by Gasteiger charge is 2.10. The first-order valence-corrected chi connectivity index (χ1v) is 7.26. The third-order valence-corrected chi connectivity index (χ3v) is 3.75. The van der Waals surface area contributed by atoms with Crippen LogP contribution in [0, 0.1) is 12.7 Å². The maximum Gasteiger partial charge on any atom is 0.272 e. The van der Waals surface area contributed by atoms with Gasteiger partial charge >= 0.3 is 0 Å². The van der Waals surface area contributed by atoms with Crippen molar-refractivity contribution in [2.75, 3.05) is 5.73 Å². The number of nitrogens with zero attached hydrogens (tertiary/aromatic N) is 2. The number of benzene rings is 2. The van der Waals surface area contributed by atoms with Crippen molar-refractivity contribution in [2.45, 2.75) is 6.92 Å². The summed E-state index contributed by atoms with van der Waals surface area (Å²) in [6.07, 6.45) is 0. The topological polar surface area (TPSA) is 60.9 Å². The Kier molecular flexibility index (Phi) is 3.88. The molecule has 0 unspecified atom stereocenters. The second-order valence-corrected chi connectivity index (χ2v) is 5.52. The van der Waals surface area contributed by atoms with Gasteiger partial charge in [0, 0.05) is 17.3 Å². The molecule has 0 fully saturated rings. The smallest absolute Gasteiger partial charge is 0.272 e. The van der Waals surface area contributed by atoms with Crippen molar-refractivity contribution in [2.24, 2.45) is 0 Å². The molecule has 2 aromatic carbocycles. The Bertz CT molecular complexity index is 953. The minimum absolute atomic E-state index is 0.0613. The SMILES string of the molecule is Cc1nn(-c2ccc(F)c(Cl)c2)c(=O)cc1-c1cccc(N)c1. The van der Waals surface area contributed by atoms with Crippen molar-refractivity contribution in [3.63, 3.8) is 0 Å². The number of rotatable bonds is 2. The summed E-state index contributed by atoms with van der Waals surface area (Å²) >= 11 is 5.77. The van der Waals surface area contributed by atoms with Crippen LogP contribution in [0.2, 0.25) is 5.02 Å². The van der Waals surface area contributed by atoms with Gasteiger partial charge in [-0.3, -0.25) is 4.79 Å². The molecule has 0 spiro atoms. The minimum atomic E-state index is -0.545. The van der Waals surface area contributed by atoms with Gasteiger partial charge in [-0.2, -0.15) is 9.78 Å². The molecule has 1 aromatic heterocycles. The molecule has 23 heavy (non-hydrogen) atoms. The number of halogens is 2. The first-order chi connectivity index (χ1) is 11.0. The molecular formula is C17H13ClFN3O. The van der Waals surface area contributed by atoms with E-state index < -0.39 is 5.82 Å². The van der Waals surface area contributed by atoms with E-state index in [1.54, 1.807) is 19.1 Å². The lowest BCUT2D eigenvalue weighted by Crippen LogP contribution is -2.21. The van der Waals surface area contributed by atoms with Crippen LogP contribution < -0.4 is 11.3 Å². The van der Waals surface area contributed by atoms with Gasteiger partial charge in [0.2, 0.25) is 0 Å². The van der Waals surface area contributed by atoms with E-state index in [1.807, 2.05) is 12.1 Å². The van der Waals surface area contributed by atoms with Crippen LogP contribution in [0.25, 0.3) is 16.8 Å². The Labute approximate surface area is 136 Å². The Balaban J connectivity index is 2.14. The third kappa shape index (κ3) is 2.96. The highest BCUT2D eigenvalue weighted by atomic mass is 35.5. The number of hydrogen-bond donors (Lipinski definition) is 1. The molecule has 0 amide bonds. The molecule has 0 saturated carbocycles. The maximum absolute atomic E-state index is 13.3. The second-order valence-electron chi connectivity index (χ2n) is 5.12. The van der Waals surface area contributed by atoms with E-state index in [1.165, 1.54) is 28.9 Å². The number of anilines is 1. The fourth-order valence-electron chi connectivity index (χ4n) is 2.34.